The fourth-order valence-electron chi connectivity index (χ4n) is 0.913. The second kappa shape index (κ2) is 6.82. The van der Waals surface area contributed by atoms with Crippen molar-refractivity contribution >= 4 is 10.2 Å². The first-order valence-corrected chi connectivity index (χ1v) is 5.81. The molecule has 0 rings (SSSR count). The van der Waals surface area contributed by atoms with Crippen molar-refractivity contribution in [3.8, 4) is 0 Å². The standard InChI is InChI=1S/C8H22N2Si/c1-4-7(3)8(11)10-6-9-5-2/h7-10H,4-6H2,1-3,11H3. The summed E-state index contributed by atoms with van der Waals surface area (Å²) in [6.07, 6.45) is 1.29. The van der Waals surface area contributed by atoms with Crippen molar-refractivity contribution in [1.29, 1.82) is 0 Å². The smallest absolute Gasteiger partial charge is 0.0453 e. The average Bonchev–Trinajstić information content (AvgIpc) is 2.03. The predicted octanol–water partition coefficient (Wildman–Crippen LogP) is -0.119. The Balaban J connectivity index is 3.28. The van der Waals surface area contributed by atoms with Crippen LogP contribution < -0.4 is 10.6 Å². The van der Waals surface area contributed by atoms with E-state index in [0.29, 0.717) is 0 Å². The molecule has 2 nitrogen and oxygen atoms in total. The van der Waals surface area contributed by atoms with Gasteiger partial charge in [-0.25, -0.2) is 0 Å². The van der Waals surface area contributed by atoms with Gasteiger partial charge in [-0.2, -0.15) is 0 Å². The average molecular weight is 174 g/mol. The lowest BCUT2D eigenvalue weighted by molar-refractivity contribution is 0.443. The van der Waals surface area contributed by atoms with Crippen molar-refractivity contribution in [2.45, 2.75) is 32.9 Å². The zero-order chi connectivity index (χ0) is 8.69. The summed E-state index contributed by atoms with van der Waals surface area (Å²) >= 11 is 0. The molecule has 3 heteroatoms. The van der Waals surface area contributed by atoms with Gasteiger partial charge < -0.3 is 10.6 Å². The van der Waals surface area contributed by atoms with Crippen LogP contribution in [0.3, 0.4) is 0 Å². The Labute approximate surface area is 73.6 Å². The fourth-order valence-corrected chi connectivity index (χ4v) is 1.59. The Morgan fingerprint density at radius 2 is 2.00 bits per heavy atom. The zero-order valence-electron chi connectivity index (χ0n) is 8.28. The van der Waals surface area contributed by atoms with Crippen LogP contribution in [0.15, 0.2) is 0 Å². The van der Waals surface area contributed by atoms with E-state index in [1.165, 1.54) is 16.7 Å². The van der Waals surface area contributed by atoms with Crippen molar-refractivity contribution in [3.63, 3.8) is 0 Å². The quantitative estimate of drug-likeness (QED) is 0.333. The zero-order valence-corrected chi connectivity index (χ0v) is 10.3. The van der Waals surface area contributed by atoms with E-state index in [9.17, 15) is 0 Å². The molecule has 0 saturated carbocycles. The van der Waals surface area contributed by atoms with Crippen molar-refractivity contribution in [3.05, 3.63) is 0 Å². The Morgan fingerprint density at radius 1 is 1.36 bits per heavy atom. The molecule has 0 fully saturated rings. The molecule has 0 aliphatic rings. The molecule has 0 amide bonds. The van der Waals surface area contributed by atoms with E-state index in [1.54, 1.807) is 0 Å². The molecule has 2 atom stereocenters. The van der Waals surface area contributed by atoms with Crippen LogP contribution in [-0.2, 0) is 0 Å². The first kappa shape index (κ1) is 11.1. The van der Waals surface area contributed by atoms with Crippen LogP contribution in [0.5, 0.6) is 0 Å². The minimum atomic E-state index is 0.763. The molecule has 2 unspecified atom stereocenters. The van der Waals surface area contributed by atoms with Crippen molar-refractivity contribution in [2.75, 3.05) is 13.2 Å². The summed E-state index contributed by atoms with van der Waals surface area (Å²) in [6.45, 7) is 8.73. The van der Waals surface area contributed by atoms with Gasteiger partial charge in [0.1, 0.15) is 0 Å². The molecule has 0 aliphatic heterocycles. The van der Waals surface area contributed by atoms with Crippen LogP contribution >= 0.6 is 0 Å². The maximum Gasteiger partial charge on any atom is 0.0453 e. The SMILES string of the molecule is CCNCNC([SiH3])C(C)CC. The maximum absolute atomic E-state index is 3.48. The lowest BCUT2D eigenvalue weighted by atomic mass is 10.1. The van der Waals surface area contributed by atoms with Crippen molar-refractivity contribution in [2.24, 2.45) is 5.92 Å². The van der Waals surface area contributed by atoms with Gasteiger partial charge >= 0.3 is 0 Å². The first-order valence-electron chi connectivity index (χ1n) is 4.66. The monoisotopic (exact) mass is 174 g/mol. The molecule has 0 spiro atoms. The Hall–Kier alpha value is 0.137. The summed E-state index contributed by atoms with van der Waals surface area (Å²) in [5.41, 5.74) is 0.763. The number of hydrogen-bond donors (Lipinski definition) is 2. The lowest BCUT2D eigenvalue weighted by Gasteiger charge is -2.19. The van der Waals surface area contributed by atoms with Crippen LogP contribution in [0, 0.1) is 5.92 Å². The third-order valence-electron chi connectivity index (χ3n) is 2.30. The molecule has 0 aromatic heterocycles. The van der Waals surface area contributed by atoms with E-state index in [4.69, 9.17) is 0 Å². The highest BCUT2D eigenvalue weighted by Gasteiger charge is 2.07. The molecular weight excluding hydrogens is 152 g/mol. The molecule has 0 aromatic rings. The molecule has 68 valence electrons. The summed E-state index contributed by atoms with van der Waals surface area (Å²) in [5.74, 6) is 0.834. The molecule has 2 N–H and O–H groups in total. The van der Waals surface area contributed by atoms with Gasteiger partial charge in [0.15, 0.2) is 0 Å². The Morgan fingerprint density at radius 3 is 2.45 bits per heavy atom. The maximum atomic E-state index is 3.48. The van der Waals surface area contributed by atoms with E-state index >= 15 is 0 Å². The number of nitrogens with one attached hydrogen (secondary N) is 2. The number of hydrogen-bond acceptors (Lipinski definition) is 2. The summed E-state index contributed by atoms with van der Waals surface area (Å²) in [5, 5.41) is 6.75. The molecule has 0 heterocycles. The van der Waals surface area contributed by atoms with E-state index in [-0.39, 0.29) is 0 Å². The largest absolute Gasteiger partial charge is 0.305 e. The van der Waals surface area contributed by atoms with Crippen molar-refractivity contribution < 1.29 is 0 Å². The van der Waals surface area contributed by atoms with E-state index in [0.717, 1.165) is 24.8 Å². The van der Waals surface area contributed by atoms with Gasteiger partial charge in [0.25, 0.3) is 0 Å². The highest BCUT2D eigenvalue weighted by molar-refractivity contribution is 6.11. The third kappa shape index (κ3) is 5.41. The second-order valence-corrected chi connectivity index (χ2v) is 4.40. The Bertz CT molecular complexity index is 88.2. The van der Waals surface area contributed by atoms with Gasteiger partial charge in [-0.05, 0) is 18.1 Å². The molecule has 0 radical (unpaired) electrons. The van der Waals surface area contributed by atoms with Gasteiger partial charge in [0, 0.05) is 16.9 Å². The normalized spacial score (nSPS) is 16.6. The second-order valence-electron chi connectivity index (χ2n) is 3.16. The van der Waals surface area contributed by atoms with Crippen LogP contribution in [0.2, 0.25) is 0 Å². The highest BCUT2D eigenvalue weighted by Crippen LogP contribution is 2.02. The van der Waals surface area contributed by atoms with Crippen molar-refractivity contribution in [1.82, 2.24) is 10.6 Å². The van der Waals surface area contributed by atoms with Gasteiger partial charge in [-0.1, -0.05) is 27.2 Å². The summed E-state index contributed by atoms with van der Waals surface area (Å²) < 4.78 is 0. The molecule has 0 saturated heterocycles. The third-order valence-corrected chi connectivity index (χ3v) is 3.84. The van der Waals surface area contributed by atoms with Crippen LogP contribution in [0.1, 0.15) is 27.2 Å². The van der Waals surface area contributed by atoms with E-state index in [1.807, 2.05) is 0 Å². The topological polar surface area (TPSA) is 24.1 Å². The summed E-state index contributed by atoms with van der Waals surface area (Å²) in [6, 6.07) is 0. The molecule has 0 aliphatic carbocycles. The van der Waals surface area contributed by atoms with Gasteiger partial charge in [-0.3, -0.25) is 0 Å². The lowest BCUT2D eigenvalue weighted by Crippen LogP contribution is -2.40. The van der Waals surface area contributed by atoms with Crippen LogP contribution in [0.4, 0.5) is 0 Å². The summed E-state index contributed by atoms with van der Waals surface area (Å²) in [7, 11) is 1.25. The van der Waals surface area contributed by atoms with Gasteiger partial charge in [0.2, 0.25) is 0 Å². The van der Waals surface area contributed by atoms with Gasteiger partial charge in [0.05, 0.1) is 0 Å². The fraction of sp³-hybridized carbons (Fsp3) is 1.00. The molecule has 0 bridgehead atoms. The summed E-state index contributed by atoms with van der Waals surface area (Å²) in [4.78, 5) is 0. The predicted molar refractivity (Wildman–Crippen MR) is 54.9 cm³/mol. The van der Waals surface area contributed by atoms with Crippen LogP contribution in [0.25, 0.3) is 0 Å². The minimum Gasteiger partial charge on any atom is -0.305 e. The van der Waals surface area contributed by atoms with Crippen LogP contribution in [-0.4, -0.2) is 29.1 Å². The molecule has 0 aromatic carbocycles. The van der Waals surface area contributed by atoms with E-state index in [2.05, 4.69) is 31.4 Å². The minimum absolute atomic E-state index is 0.763. The Kier molecular flexibility index (Phi) is 6.91. The highest BCUT2D eigenvalue weighted by atomic mass is 28.1. The molecular formula is C8H22N2Si. The van der Waals surface area contributed by atoms with E-state index < -0.39 is 0 Å². The molecule has 11 heavy (non-hydrogen) atoms. The first-order chi connectivity index (χ1) is 5.22. The number of rotatable bonds is 6. The van der Waals surface area contributed by atoms with Gasteiger partial charge in [-0.15, -0.1) is 0 Å².